The smallest absolute Gasteiger partial charge is 0.0139 e. The average molecular weight is 196 g/mol. The minimum atomic E-state index is 0.343. The average Bonchev–Trinajstić information content (AvgIpc) is 2.17. The quantitative estimate of drug-likeness (QED) is 0.730. The first kappa shape index (κ1) is 10.4. The van der Waals surface area contributed by atoms with E-state index in [0.29, 0.717) is 6.04 Å². The van der Waals surface area contributed by atoms with Crippen molar-refractivity contribution in [2.45, 2.75) is 45.1 Å². The minimum Gasteiger partial charge on any atom is -0.327 e. The third-order valence-electron chi connectivity index (χ3n) is 3.92. The molecule has 0 aromatic rings. The Balaban J connectivity index is 1.83. The van der Waals surface area contributed by atoms with Crippen molar-refractivity contribution in [3.8, 4) is 0 Å². The maximum atomic E-state index is 5.85. The zero-order valence-electron chi connectivity index (χ0n) is 9.41. The van der Waals surface area contributed by atoms with Crippen LogP contribution in [0.5, 0.6) is 0 Å². The Labute approximate surface area is 87.8 Å². The summed E-state index contributed by atoms with van der Waals surface area (Å²) in [4.78, 5) is 2.58. The van der Waals surface area contributed by atoms with E-state index in [1.807, 2.05) is 0 Å². The summed E-state index contributed by atoms with van der Waals surface area (Å²) in [5, 5.41) is 0. The van der Waals surface area contributed by atoms with Crippen LogP contribution in [0.3, 0.4) is 0 Å². The number of hydrogen-bond acceptors (Lipinski definition) is 2. The molecule has 2 heteroatoms. The normalized spacial score (nSPS) is 36.4. The van der Waals surface area contributed by atoms with E-state index in [1.54, 1.807) is 0 Å². The van der Waals surface area contributed by atoms with E-state index in [4.69, 9.17) is 5.73 Å². The van der Waals surface area contributed by atoms with E-state index in [9.17, 15) is 0 Å². The number of nitrogens with two attached hydrogens (primary N) is 1. The van der Waals surface area contributed by atoms with Crippen LogP contribution in [0.4, 0.5) is 0 Å². The first-order chi connectivity index (χ1) is 6.75. The fraction of sp³-hybridized carbons (Fsp3) is 1.00. The molecule has 1 saturated carbocycles. The maximum Gasteiger partial charge on any atom is 0.0139 e. The van der Waals surface area contributed by atoms with Gasteiger partial charge in [-0.3, -0.25) is 0 Å². The van der Waals surface area contributed by atoms with Gasteiger partial charge in [0.15, 0.2) is 0 Å². The van der Waals surface area contributed by atoms with Crippen LogP contribution in [0.2, 0.25) is 0 Å². The van der Waals surface area contributed by atoms with Gasteiger partial charge in [0, 0.05) is 19.1 Å². The van der Waals surface area contributed by atoms with Gasteiger partial charge in [0.25, 0.3) is 0 Å². The standard InChI is InChI=1S/C12H24N2/c1-10(13)8-14-7-6-11-4-2-3-5-12(11)9-14/h10-12H,2-9,13H2,1H3. The summed E-state index contributed by atoms with van der Waals surface area (Å²) in [5.41, 5.74) is 5.85. The third kappa shape index (κ3) is 2.48. The molecule has 1 aliphatic heterocycles. The van der Waals surface area contributed by atoms with Gasteiger partial charge in [0.1, 0.15) is 0 Å². The molecule has 0 amide bonds. The molecule has 2 N–H and O–H groups in total. The van der Waals surface area contributed by atoms with Crippen LogP contribution in [0.1, 0.15) is 39.0 Å². The summed E-state index contributed by atoms with van der Waals surface area (Å²) in [7, 11) is 0. The lowest BCUT2D eigenvalue weighted by Gasteiger charge is -2.41. The van der Waals surface area contributed by atoms with E-state index in [-0.39, 0.29) is 0 Å². The summed E-state index contributed by atoms with van der Waals surface area (Å²) >= 11 is 0. The molecule has 1 heterocycles. The van der Waals surface area contributed by atoms with Gasteiger partial charge in [-0.15, -0.1) is 0 Å². The van der Waals surface area contributed by atoms with Crippen molar-refractivity contribution in [2.24, 2.45) is 17.6 Å². The number of likely N-dealkylation sites (tertiary alicyclic amines) is 1. The molecule has 1 saturated heterocycles. The fourth-order valence-electron chi connectivity index (χ4n) is 3.25. The second-order valence-electron chi connectivity index (χ2n) is 5.33. The molecular weight excluding hydrogens is 172 g/mol. The highest BCUT2D eigenvalue weighted by Gasteiger charge is 2.30. The largest absolute Gasteiger partial charge is 0.327 e. The second-order valence-corrected chi connectivity index (χ2v) is 5.33. The van der Waals surface area contributed by atoms with Crippen LogP contribution in [0, 0.1) is 11.8 Å². The van der Waals surface area contributed by atoms with Gasteiger partial charge < -0.3 is 10.6 Å². The van der Waals surface area contributed by atoms with E-state index < -0.39 is 0 Å². The van der Waals surface area contributed by atoms with Crippen LogP contribution in [-0.2, 0) is 0 Å². The maximum absolute atomic E-state index is 5.85. The Morgan fingerprint density at radius 1 is 1.21 bits per heavy atom. The van der Waals surface area contributed by atoms with Gasteiger partial charge >= 0.3 is 0 Å². The van der Waals surface area contributed by atoms with Crippen LogP contribution in [-0.4, -0.2) is 30.6 Å². The number of nitrogens with zero attached hydrogens (tertiary/aromatic N) is 1. The second kappa shape index (κ2) is 4.63. The first-order valence-corrected chi connectivity index (χ1v) is 6.23. The third-order valence-corrected chi connectivity index (χ3v) is 3.92. The molecule has 2 nitrogen and oxygen atoms in total. The number of piperidine rings is 1. The Hall–Kier alpha value is -0.0800. The Morgan fingerprint density at radius 3 is 2.64 bits per heavy atom. The molecular formula is C12H24N2. The molecule has 0 aromatic heterocycles. The van der Waals surface area contributed by atoms with Crippen molar-refractivity contribution in [1.29, 1.82) is 0 Å². The van der Waals surface area contributed by atoms with Gasteiger partial charge in [-0.2, -0.15) is 0 Å². The molecule has 0 aromatic carbocycles. The van der Waals surface area contributed by atoms with Crippen molar-refractivity contribution in [3.63, 3.8) is 0 Å². The highest BCUT2D eigenvalue weighted by molar-refractivity contribution is 4.84. The lowest BCUT2D eigenvalue weighted by Crippen LogP contribution is -2.45. The molecule has 1 aliphatic carbocycles. The Morgan fingerprint density at radius 2 is 1.93 bits per heavy atom. The molecule has 2 aliphatic rings. The SMILES string of the molecule is CC(N)CN1CCC2CCCCC2C1. The molecule has 2 rings (SSSR count). The van der Waals surface area contributed by atoms with Crippen molar-refractivity contribution in [2.75, 3.05) is 19.6 Å². The van der Waals surface area contributed by atoms with Crippen LogP contribution in [0.15, 0.2) is 0 Å². The molecule has 14 heavy (non-hydrogen) atoms. The predicted molar refractivity (Wildman–Crippen MR) is 60.2 cm³/mol. The lowest BCUT2D eigenvalue weighted by atomic mass is 9.75. The fourth-order valence-corrected chi connectivity index (χ4v) is 3.25. The highest BCUT2D eigenvalue weighted by Crippen LogP contribution is 2.35. The minimum absolute atomic E-state index is 0.343. The summed E-state index contributed by atoms with van der Waals surface area (Å²) in [5.74, 6) is 2.05. The summed E-state index contributed by atoms with van der Waals surface area (Å²) in [6, 6.07) is 0.343. The lowest BCUT2D eigenvalue weighted by molar-refractivity contribution is 0.0840. The summed E-state index contributed by atoms with van der Waals surface area (Å²) < 4.78 is 0. The van der Waals surface area contributed by atoms with Crippen LogP contribution in [0.25, 0.3) is 0 Å². The summed E-state index contributed by atoms with van der Waals surface area (Å²) in [6.45, 7) is 5.84. The van der Waals surface area contributed by atoms with E-state index in [1.165, 1.54) is 45.2 Å². The predicted octanol–water partition coefficient (Wildman–Crippen LogP) is 1.85. The van der Waals surface area contributed by atoms with Gasteiger partial charge in [-0.05, 0) is 38.1 Å². The Kier molecular flexibility index (Phi) is 3.45. The molecule has 3 atom stereocenters. The van der Waals surface area contributed by atoms with Crippen molar-refractivity contribution in [1.82, 2.24) is 4.90 Å². The molecule has 82 valence electrons. The number of hydrogen-bond donors (Lipinski definition) is 1. The number of rotatable bonds is 2. The van der Waals surface area contributed by atoms with Crippen molar-refractivity contribution >= 4 is 0 Å². The van der Waals surface area contributed by atoms with Crippen LogP contribution >= 0.6 is 0 Å². The topological polar surface area (TPSA) is 29.3 Å². The molecule has 0 bridgehead atoms. The summed E-state index contributed by atoms with van der Waals surface area (Å²) in [6.07, 6.45) is 7.34. The van der Waals surface area contributed by atoms with Gasteiger partial charge in [0.05, 0.1) is 0 Å². The van der Waals surface area contributed by atoms with Gasteiger partial charge in [0.2, 0.25) is 0 Å². The van der Waals surface area contributed by atoms with E-state index in [2.05, 4.69) is 11.8 Å². The van der Waals surface area contributed by atoms with E-state index in [0.717, 1.165) is 18.4 Å². The van der Waals surface area contributed by atoms with Crippen LogP contribution < -0.4 is 5.73 Å². The first-order valence-electron chi connectivity index (χ1n) is 6.23. The molecule has 0 radical (unpaired) electrons. The highest BCUT2D eigenvalue weighted by atomic mass is 15.1. The Bertz CT molecular complexity index is 179. The monoisotopic (exact) mass is 196 g/mol. The van der Waals surface area contributed by atoms with E-state index >= 15 is 0 Å². The molecule has 0 spiro atoms. The van der Waals surface area contributed by atoms with Gasteiger partial charge in [-0.1, -0.05) is 19.3 Å². The number of fused-ring (bicyclic) bond motifs is 1. The van der Waals surface area contributed by atoms with Crippen molar-refractivity contribution in [3.05, 3.63) is 0 Å². The van der Waals surface area contributed by atoms with Gasteiger partial charge in [-0.25, -0.2) is 0 Å². The zero-order valence-corrected chi connectivity index (χ0v) is 9.41. The molecule has 3 unspecified atom stereocenters. The van der Waals surface area contributed by atoms with Crippen molar-refractivity contribution < 1.29 is 0 Å². The zero-order chi connectivity index (χ0) is 9.97. The molecule has 2 fully saturated rings.